The van der Waals surface area contributed by atoms with E-state index in [1.807, 2.05) is 13.8 Å². The maximum absolute atomic E-state index is 13.2. The molecule has 1 amide bonds. The number of nitrogens with zero attached hydrogens (tertiary/aromatic N) is 2. The Bertz CT molecular complexity index is 1330. The Morgan fingerprint density at radius 1 is 1.16 bits per heavy atom. The lowest BCUT2D eigenvalue weighted by molar-refractivity contribution is -0.134. The van der Waals surface area contributed by atoms with E-state index in [9.17, 15) is 26.7 Å². The van der Waals surface area contributed by atoms with Crippen LogP contribution in [-0.4, -0.2) is 82.2 Å². The molecule has 0 aromatic heterocycles. The molecule has 3 rings (SSSR count). The zero-order valence-electron chi connectivity index (χ0n) is 21.7. The maximum atomic E-state index is 13.2. The van der Waals surface area contributed by atoms with Crippen molar-refractivity contribution in [2.24, 2.45) is 5.92 Å². The summed E-state index contributed by atoms with van der Waals surface area (Å²) in [6, 6.07) is 10.8. The summed E-state index contributed by atoms with van der Waals surface area (Å²) in [5, 5.41) is 9.76. The van der Waals surface area contributed by atoms with Gasteiger partial charge < -0.3 is 14.7 Å². The Kier molecular flexibility index (Phi) is 8.89. The first-order chi connectivity index (χ1) is 17.2. The molecule has 0 spiro atoms. The van der Waals surface area contributed by atoms with Crippen LogP contribution in [0.2, 0.25) is 0 Å². The number of likely N-dealkylation sites (N-methyl/N-ethyl adjacent to an activating group) is 1. The van der Waals surface area contributed by atoms with Gasteiger partial charge in [-0.3, -0.25) is 9.52 Å². The molecule has 2 aromatic rings. The van der Waals surface area contributed by atoms with Gasteiger partial charge in [0.2, 0.25) is 26.0 Å². The number of aryl methyl sites for hydroxylation is 1. The number of carbonyl (C=O) groups excluding carboxylic acids is 1. The van der Waals surface area contributed by atoms with Crippen LogP contribution in [0.25, 0.3) is 0 Å². The number of aliphatic hydroxyl groups excluding tert-OH is 1. The normalized spacial score (nSPS) is 19.9. The topological polar surface area (TPSA) is 133 Å². The number of fused-ring (bicyclic) bond motifs is 1. The Labute approximate surface area is 219 Å². The molecule has 0 saturated heterocycles. The fourth-order valence-electron chi connectivity index (χ4n) is 4.17. The minimum Gasteiger partial charge on any atom is -0.488 e. The van der Waals surface area contributed by atoms with E-state index in [1.54, 1.807) is 42.2 Å². The van der Waals surface area contributed by atoms with Crippen molar-refractivity contribution in [2.45, 2.75) is 44.2 Å². The number of rotatable bonds is 8. The molecule has 0 aliphatic carbocycles. The highest BCUT2D eigenvalue weighted by Crippen LogP contribution is 2.30. The molecule has 0 unspecified atom stereocenters. The molecule has 204 valence electrons. The average Bonchev–Trinajstić information content (AvgIpc) is 2.85. The van der Waals surface area contributed by atoms with E-state index in [1.165, 1.54) is 23.5 Å². The number of hydrogen-bond donors (Lipinski definition) is 2. The summed E-state index contributed by atoms with van der Waals surface area (Å²) >= 11 is 0. The van der Waals surface area contributed by atoms with E-state index in [4.69, 9.17) is 4.74 Å². The molecule has 2 N–H and O–H groups in total. The quantitative estimate of drug-likeness (QED) is 0.510. The molecule has 0 bridgehead atoms. The van der Waals surface area contributed by atoms with Crippen molar-refractivity contribution < 1.29 is 31.5 Å². The highest BCUT2D eigenvalue weighted by Gasteiger charge is 2.33. The summed E-state index contributed by atoms with van der Waals surface area (Å²) in [4.78, 5) is 15.0. The lowest BCUT2D eigenvalue weighted by atomic mass is 10.0. The molecule has 37 heavy (non-hydrogen) atoms. The third kappa shape index (κ3) is 7.22. The van der Waals surface area contributed by atoms with Gasteiger partial charge in [-0.25, -0.2) is 16.8 Å². The number of ether oxygens (including phenoxy) is 1. The van der Waals surface area contributed by atoms with Crippen LogP contribution in [0.5, 0.6) is 5.75 Å². The molecule has 3 atom stereocenters. The van der Waals surface area contributed by atoms with Gasteiger partial charge in [0.05, 0.1) is 36.8 Å². The lowest BCUT2D eigenvalue weighted by Crippen LogP contribution is -2.48. The van der Waals surface area contributed by atoms with Crippen molar-refractivity contribution in [3.05, 3.63) is 53.6 Å². The molecule has 0 saturated carbocycles. The van der Waals surface area contributed by atoms with Gasteiger partial charge >= 0.3 is 0 Å². The van der Waals surface area contributed by atoms with Gasteiger partial charge in [0.25, 0.3) is 0 Å². The summed E-state index contributed by atoms with van der Waals surface area (Å²) in [5.41, 5.74) is 1.68. The minimum atomic E-state index is -3.80. The van der Waals surface area contributed by atoms with E-state index in [-0.39, 0.29) is 48.5 Å². The second-order valence-electron chi connectivity index (χ2n) is 9.68. The summed E-state index contributed by atoms with van der Waals surface area (Å²) in [6.45, 7) is 5.48. The summed E-state index contributed by atoms with van der Waals surface area (Å²) in [5.74, 6) is -0.187. The molecule has 12 heteroatoms. The number of benzene rings is 2. The average molecular weight is 554 g/mol. The fraction of sp³-hybridized carbons (Fsp3) is 0.480. The van der Waals surface area contributed by atoms with Gasteiger partial charge in [0.15, 0.2) is 0 Å². The third-order valence-electron chi connectivity index (χ3n) is 6.39. The van der Waals surface area contributed by atoms with E-state index in [0.717, 1.165) is 11.8 Å². The van der Waals surface area contributed by atoms with E-state index < -0.39 is 32.2 Å². The van der Waals surface area contributed by atoms with Gasteiger partial charge in [-0.05, 0) is 44.2 Å². The number of amides is 1. The molecule has 0 radical (unpaired) electrons. The first-order valence-corrected chi connectivity index (χ1v) is 15.2. The molecule has 1 aliphatic heterocycles. The van der Waals surface area contributed by atoms with Crippen LogP contribution < -0.4 is 9.46 Å². The van der Waals surface area contributed by atoms with Gasteiger partial charge in [0, 0.05) is 30.8 Å². The zero-order valence-corrected chi connectivity index (χ0v) is 23.3. The Balaban J connectivity index is 1.99. The van der Waals surface area contributed by atoms with Gasteiger partial charge in [-0.1, -0.05) is 24.6 Å². The monoisotopic (exact) mass is 553 g/mol. The van der Waals surface area contributed by atoms with Crippen LogP contribution in [0.1, 0.15) is 25.0 Å². The number of nitrogens with one attached hydrogen (secondary N) is 1. The highest BCUT2D eigenvalue weighted by molar-refractivity contribution is 7.92. The van der Waals surface area contributed by atoms with Crippen molar-refractivity contribution in [2.75, 3.05) is 37.7 Å². The minimum absolute atomic E-state index is 0.00962. The highest BCUT2D eigenvalue weighted by atomic mass is 32.2. The predicted molar refractivity (Wildman–Crippen MR) is 141 cm³/mol. The molecule has 1 aliphatic rings. The standard InChI is InChI=1S/C25H35N3O7S2/c1-17-6-9-22(10-7-17)37(33,34)27(4)15-24-18(2)14-28(19(3)16-29)25(30)13-20-12-21(26-36(5,31)32)8-11-23(20)35-24/h6-12,18-19,24,26,29H,13-16H2,1-5H3/t18-,19+,24-/m1/s1. The maximum Gasteiger partial charge on any atom is 0.242 e. The summed E-state index contributed by atoms with van der Waals surface area (Å²) in [6.07, 6.45) is 0.316. The molecule has 1 heterocycles. The van der Waals surface area contributed by atoms with Crippen LogP contribution in [0, 0.1) is 12.8 Å². The molecule has 0 fully saturated rings. The van der Waals surface area contributed by atoms with Crippen LogP contribution in [0.4, 0.5) is 5.69 Å². The summed E-state index contributed by atoms with van der Waals surface area (Å²) < 4.78 is 59.9. The van der Waals surface area contributed by atoms with Crippen molar-refractivity contribution in [3.8, 4) is 5.75 Å². The fourth-order valence-corrected chi connectivity index (χ4v) is 5.90. The Morgan fingerprint density at radius 2 is 1.81 bits per heavy atom. The van der Waals surface area contributed by atoms with Crippen LogP contribution in [0.3, 0.4) is 0 Å². The van der Waals surface area contributed by atoms with Gasteiger partial charge in [-0.2, -0.15) is 4.31 Å². The van der Waals surface area contributed by atoms with Crippen molar-refractivity contribution in [1.29, 1.82) is 0 Å². The summed E-state index contributed by atoms with van der Waals surface area (Å²) in [7, 11) is -5.86. The third-order valence-corrected chi connectivity index (χ3v) is 8.83. The molecule has 2 aromatic carbocycles. The van der Waals surface area contributed by atoms with Crippen molar-refractivity contribution in [3.63, 3.8) is 0 Å². The molecule has 10 nitrogen and oxygen atoms in total. The lowest BCUT2D eigenvalue weighted by Gasteiger charge is -2.33. The molecular formula is C25H35N3O7S2. The van der Waals surface area contributed by atoms with Crippen LogP contribution >= 0.6 is 0 Å². The number of sulfonamides is 2. The first-order valence-electron chi connectivity index (χ1n) is 11.9. The van der Waals surface area contributed by atoms with Gasteiger partial charge in [0.1, 0.15) is 11.9 Å². The van der Waals surface area contributed by atoms with Crippen molar-refractivity contribution >= 4 is 31.6 Å². The van der Waals surface area contributed by atoms with Crippen LogP contribution in [0.15, 0.2) is 47.4 Å². The largest absolute Gasteiger partial charge is 0.488 e. The Hall–Kier alpha value is -2.67. The SMILES string of the molecule is Cc1ccc(S(=O)(=O)N(C)C[C@H]2Oc3ccc(NS(C)(=O)=O)cc3CC(=O)N([C@@H](C)CO)C[C@H]2C)cc1. The van der Waals surface area contributed by atoms with Crippen molar-refractivity contribution in [1.82, 2.24) is 9.21 Å². The van der Waals surface area contributed by atoms with Gasteiger partial charge in [-0.15, -0.1) is 0 Å². The predicted octanol–water partition coefficient (Wildman–Crippen LogP) is 1.84. The van der Waals surface area contributed by atoms with E-state index >= 15 is 0 Å². The smallest absolute Gasteiger partial charge is 0.242 e. The number of anilines is 1. The second kappa shape index (κ2) is 11.4. The number of aliphatic hydroxyl groups is 1. The first kappa shape index (κ1) is 28.9. The number of carbonyl (C=O) groups is 1. The molecular weight excluding hydrogens is 518 g/mol. The Morgan fingerprint density at radius 3 is 2.41 bits per heavy atom. The second-order valence-corrected chi connectivity index (χ2v) is 13.5. The zero-order chi connectivity index (χ0) is 27.5. The van der Waals surface area contributed by atoms with E-state index in [0.29, 0.717) is 11.3 Å². The van der Waals surface area contributed by atoms with E-state index in [2.05, 4.69) is 4.72 Å². The number of hydrogen-bond acceptors (Lipinski definition) is 7. The van der Waals surface area contributed by atoms with Crippen LogP contribution in [-0.2, 0) is 31.3 Å².